The van der Waals surface area contributed by atoms with Gasteiger partial charge in [0, 0.05) is 6.20 Å². The van der Waals surface area contributed by atoms with E-state index in [1.165, 1.54) is 6.33 Å². The lowest BCUT2D eigenvalue weighted by molar-refractivity contribution is 0.414. The number of methoxy groups -OCH3 is 1. The molecule has 2 N–H and O–H groups in total. The average Bonchev–Trinajstić information content (AvgIpc) is 2.83. The second-order valence-corrected chi connectivity index (χ2v) is 3.29. The molecule has 1 unspecified atom stereocenters. The van der Waals surface area contributed by atoms with Crippen LogP contribution in [-0.4, -0.2) is 27.3 Å². The smallest absolute Gasteiger partial charge is 0.169 e. The number of rotatable bonds is 4. The summed E-state index contributed by atoms with van der Waals surface area (Å²) in [6, 6.07) is 3.66. The van der Waals surface area contributed by atoms with E-state index in [9.17, 15) is 0 Å². The SMILES string of the molecule is COc1cccnc1NC(C)c1ncn[nH]1. The van der Waals surface area contributed by atoms with Crippen LogP contribution in [0.4, 0.5) is 5.82 Å². The summed E-state index contributed by atoms with van der Waals surface area (Å²) in [5, 5.41) is 9.80. The van der Waals surface area contributed by atoms with Crippen LogP contribution in [0.1, 0.15) is 18.8 Å². The first kappa shape index (κ1) is 10.4. The Balaban J connectivity index is 2.14. The zero-order chi connectivity index (χ0) is 11.4. The van der Waals surface area contributed by atoms with E-state index in [-0.39, 0.29) is 6.04 Å². The second kappa shape index (κ2) is 4.61. The van der Waals surface area contributed by atoms with Gasteiger partial charge in [0.15, 0.2) is 11.6 Å². The molecule has 0 spiro atoms. The zero-order valence-corrected chi connectivity index (χ0v) is 9.14. The van der Waals surface area contributed by atoms with Crippen LogP contribution < -0.4 is 10.1 Å². The summed E-state index contributed by atoms with van der Waals surface area (Å²) in [6.07, 6.45) is 3.18. The Bertz CT molecular complexity index is 442. The van der Waals surface area contributed by atoms with Crippen molar-refractivity contribution in [1.82, 2.24) is 20.2 Å². The Morgan fingerprint density at radius 2 is 2.31 bits per heavy atom. The molecule has 6 nitrogen and oxygen atoms in total. The van der Waals surface area contributed by atoms with E-state index in [0.29, 0.717) is 11.6 Å². The highest BCUT2D eigenvalue weighted by molar-refractivity contribution is 5.50. The van der Waals surface area contributed by atoms with Gasteiger partial charge in [0.2, 0.25) is 0 Å². The van der Waals surface area contributed by atoms with Crippen molar-refractivity contribution < 1.29 is 4.74 Å². The number of anilines is 1. The predicted molar refractivity (Wildman–Crippen MR) is 59.2 cm³/mol. The largest absolute Gasteiger partial charge is 0.493 e. The normalized spacial score (nSPS) is 12.1. The minimum atomic E-state index is -0.00806. The van der Waals surface area contributed by atoms with E-state index in [1.54, 1.807) is 13.3 Å². The Hall–Kier alpha value is -2.11. The molecule has 1 atom stereocenters. The average molecular weight is 219 g/mol. The van der Waals surface area contributed by atoms with Crippen LogP contribution in [0.5, 0.6) is 5.75 Å². The fraction of sp³-hybridized carbons (Fsp3) is 0.300. The van der Waals surface area contributed by atoms with Gasteiger partial charge >= 0.3 is 0 Å². The summed E-state index contributed by atoms with van der Waals surface area (Å²) >= 11 is 0. The number of ether oxygens (including phenoxy) is 1. The third-order valence-corrected chi connectivity index (χ3v) is 2.19. The molecule has 0 saturated carbocycles. The lowest BCUT2D eigenvalue weighted by Crippen LogP contribution is -2.10. The molecule has 0 bridgehead atoms. The first-order valence-corrected chi connectivity index (χ1v) is 4.92. The fourth-order valence-corrected chi connectivity index (χ4v) is 1.36. The molecular weight excluding hydrogens is 206 g/mol. The number of aromatic nitrogens is 4. The van der Waals surface area contributed by atoms with Crippen molar-refractivity contribution in [3.63, 3.8) is 0 Å². The minimum absolute atomic E-state index is 0.00806. The van der Waals surface area contributed by atoms with Gasteiger partial charge in [-0.15, -0.1) is 0 Å². The maximum absolute atomic E-state index is 5.19. The van der Waals surface area contributed by atoms with Gasteiger partial charge in [-0.05, 0) is 19.1 Å². The van der Waals surface area contributed by atoms with Gasteiger partial charge in [0.1, 0.15) is 12.2 Å². The molecule has 0 amide bonds. The first-order chi connectivity index (χ1) is 7.81. The molecule has 0 aromatic carbocycles. The molecule has 2 heterocycles. The van der Waals surface area contributed by atoms with Gasteiger partial charge in [0.25, 0.3) is 0 Å². The number of hydrogen-bond donors (Lipinski definition) is 2. The third-order valence-electron chi connectivity index (χ3n) is 2.19. The molecule has 0 radical (unpaired) electrons. The van der Waals surface area contributed by atoms with Crippen LogP contribution in [-0.2, 0) is 0 Å². The fourth-order valence-electron chi connectivity index (χ4n) is 1.36. The quantitative estimate of drug-likeness (QED) is 0.812. The van der Waals surface area contributed by atoms with Crippen molar-refractivity contribution in [2.75, 3.05) is 12.4 Å². The molecule has 0 aliphatic heterocycles. The molecule has 0 saturated heterocycles. The maximum Gasteiger partial charge on any atom is 0.169 e. The molecule has 2 aromatic heterocycles. The van der Waals surface area contributed by atoms with E-state index in [1.807, 2.05) is 19.1 Å². The monoisotopic (exact) mass is 219 g/mol. The van der Waals surface area contributed by atoms with Crippen LogP contribution in [0.3, 0.4) is 0 Å². The summed E-state index contributed by atoms with van der Waals surface area (Å²) in [7, 11) is 1.61. The van der Waals surface area contributed by atoms with Gasteiger partial charge in [-0.25, -0.2) is 9.97 Å². The lowest BCUT2D eigenvalue weighted by Gasteiger charge is -2.13. The summed E-state index contributed by atoms with van der Waals surface area (Å²) in [5.41, 5.74) is 0. The Morgan fingerprint density at radius 3 is 3.00 bits per heavy atom. The summed E-state index contributed by atoms with van der Waals surface area (Å²) in [5.74, 6) is 2.15. The first-order valence-electron chi connectivity index (χ1n) is 4.92. The molecule has 84 valence electrons. The van der Waals surface area contributed by atoms with Crippen molar-refractivity contribution in [3.05, 3.63) is 30.5 Å². The molecule has 16 heavy (non-hydrogen) atoms. The van der Waals surface area contributed by atoms with E-state index >= 15 is 0 Å². The van der Waals surface area contributed by atoms with Gasteiger partial charge in [0.05, 0.1) is 13.2 Å². The minimum Gasteiger partial charge on any atom is -0.493 e. The van der Waals surface area contributed by atoms with Gasteiger partial charge < -0.3 is 10.1 Å². The van der Waals surface area contributed by atoms with Gasteiger partial charge in [-0.3, -0.25) is 5.10 Å². The molecule has 2 aromatic rings. The van der Waals surface area contributed by atoms with Crippen molar-refractivity contribution in [2.24, 2.45) is 0 Å². The highest BCUT2D eigenvalue weighted by Gasteiger charge is 2.11. The van der Waals surface area contributed by atoms with E-state index in [4.69, 9.17) is 4.74 Å². The molecule has 0 fully saturated rings. The summed E-state index contributed by atoms with van der Waals surface area (Å²) < 4.78 is 5.19. The van der Waals surface area contributed by atoms with E-state index in [0.717, 1.165) is 5.82 Å². The number of nitrogens with zero attached hydrogens (tertiary/aromatic N) is 3. The Labute approximate surface area is 93.1 Å². The van der Waals surface area contributed by atoms with E-state index < -0.39 is 0 Å². The van der Waals surface area contributed by atoms with Crippen LogP contribution in [0.2, 0.25) is 0 Å². The highest BCUT2D eigenvalue weighted by atomic mass is 16.5. The number of aromatic amines is 1. The zero-order valence-electron chi connectivity index (χ0n) is 9.14. The van der Waals surface area contributed by atoms with Crippen molar-refractivity contribution in [2.45, 2.75) is 13.0 Å². The number of H-pyrrole nitrogens is 1. The Kier molecular flexibility index (Phi) is 3.00. The number of nitrogens with one attached hydrogen (secondary N) is 2. The highest BCUT2D eigenvalue weighted by Crippen LogP contribution is 2.23. The van der Waals surface area contributed by atoms with Crippen LogP contribution in [0.15, 0.2) is 24.7 Å². The van der Waals surface area contributed by atoms with Crippen molar-refractivity contribution in [1.29, 1.82) is 0 Å². The molecule has 2 rings (SSSR count). The van der Waals surface area contributed by atoms with Crippen LogP contribution in [0, 0.1) is 0 Å². The second-order valence-electron chi connectivity index (χ2n) is 3.29. The Morgan fingerprint density at radius 1 is 1.44 bits per heavy atom. The number of pyridine rings is 1. The van der Waals surface area contributed by atoms with E-state index in [2.05, 4.69) is 25.5 Å². The molecule has 6 heteroatoms. The van der Waals surface area contributed by atoms with Gasteiger partial charge in [-0.2, -0.15) is 5.10 Å². The van der Waals surface area contributed by atoms with Crippen LogP contribution in [0.25, 0.3) is 0 Å². The van der Waals surface area contributed by atoms with Gasteiger partial charge in [-0.1, -0.05) is 0 Å². The summed E-state index contributed by atoms with van der Waals surface area (Å²) in [4.78, 5) is 8.27. The maximum atomic E-state index is 5.19. The standard InChI is InChI=1S/C10H13N5O/c1-7(9-12-6-13-15-9)14-10-8(16-2)4-3-5-11-10/h3-7H,1-2H3,(H,11,14)(H,12,13,15). The molecular formula is C10H13N5O. The molecule has 0 aliphatic rings. The van der Waals surface area contributed by atoms with Crippen molar-refractivity contribution >= 4 is 5.82 Å². The topological polar surface area (TPSA) is 75.7 Å². The van der Waals surface area contributed by atoms with Crippen molar-refractivity contribution in [3.8, 4) is 5.75 Å². The molecule has 0 aliphatic carbocycles. The predicted octanol–water partition coefficient (Wildman–Crippen LogP) is 1.38. The summed E-state index contributed by atoms with van der Waals surface area (Å²) in [6.45, 7) is 1.97. The third kappa shape index (κ3) is 2.10. The lowest BCUT2D eigenvalue weighted by atomic mass is 10.3. The number of hydrogen-bond acceptors (Lipinski definition) is 5. The van der Waals surface area contributed by atoms with Crippen LogP contribution >= 0.6 is 0 Å².